The van der Waals surface area contributed by atoms with E-state index in [0.717, 1.165) is 0 Å². The molecule has 0 aliphatic carbocycles. The van der Waals surface area contributed by atoms with Crippen molar-refractivity contribution in [3.05, 3.63) is 58.6 Å². The van der Waals surface area contributed by atoms with E-state index >= 15 is 0 Å². The molecular weight excluding hydrogens is 266 g/mol. The van der Waals surface area contributed by atoms with E-state index < -0.39 is 11.9 Å². The van der Waals surface area contributed by atoms with Gasteiger partial charge < -0.3 is 10.8 Å². The third-order valence-electron chi connectivity index (χ3n) is 2.68. The summed E-state index contributed by atoms with van der Waals surface area (Å²) < 4.78 is 0. The van der Waals surface area contributed by atoms with Gasteiger partial charge in [0.15, 0.2) is 0 Å². The molecule has 2 aromatic rings. The second-order valence-electron chi connectivity index (χ2n) is 3.94. The summed E-state index contributed by atoms with van der Waals surface area (Å²) in [7, 11) is 0. The summed E-state index contributed by atoms with van der Waals surface area (Å²) in [6.45, 7) is 0. The van der Waals surface area contributed by atoms with E-state index in [1.165, 1.54) is 12.1 Å². The van der Waals surface area contributed by atoms with Crippen LogP contribution in [0.3, 0.4) is 0 Å². The maximum Gasteiger partial charge on any atom is 0.337 e. The molecule has 0 saturated carbocycles. The zero-order valence-electron chi connectivity index (χ0n) is 9.76. The van der Waals surface area contributed by atoms with Gasteiger partial charge >= 0.3 is 5.97 Å². The molecule has 19 heavy (non-hydrogen) atoms. The Balaban J connectivity index is 2.53. The van der Waals surface area contributed by atoms with Crippen molar-refractivity contribution in [1.29, 1.82) is 0 Å². The molecule has 4 nitrogen and oxygen atoms in total. The van der Waals surface area contributed by atoms with Crippen LogP contribution in [0.2, 0.25) is 5.02 Å². The predicted molar refractivity (Wildman–Crippen MR) is 72.4 cm³/mol. The summed E-state index contributed by atoms with van der Waals surface area (Å²) in [6.07, 6.45) is 0. The molecule has 0 unspecified atom stereocenters. The number of carboxylic acid groups (broad SMARTS) is 1. The van der Waals surface area contributed by atoms with E-state index in [1.54, 1.807) is 30.3 Å². The molecule has 0 fully saturated rings. The number of halogens is 1. The molecule has 0 aliphatic heterocycles. The number of hydrogen-bond acceptors (Lipinski definition) is 2. The van der Waals surface area contributed by atoms with Crippen molar-refractivity contribution in [2.24, 2.45) is 5.73 Å². The number of rotatable bonds is 3. The number of hydrogen-bond donors (Lipinski definition) is 2. The Labute approximate surface area is 114 Å². The largest absolute Gasteiger partial charge is 0.478 e. The normalized spacial score (nSPS) is 10.2. The quantitative estimate of drug-likeness (QED) is 0.904. The SMILES string of the molecule is NC(=O)c1cccc(-c2ccc(Cl)c(C(=O)O)c2)c1. The van der Waals surface area contributed by atoms with Gasteiger partial charge in [-0.2, -0.15) is 0 Å². The van der Waals surface area contributed by atoms with Gasteiger partial charge in [0, 0.05) is 5.56 Å². The van der Waals surface area contributed by atoms with Gasteiger partial charge in [-0.3, -0.25) is 4.79 Å². The van der Waals surface area contributed by atoms with Crippen LogP contribution in [-0.2, 0) is 0 Å². The minimum atomic E-state index is -1.10. The molecule has 1 amide bonds. The summed E-state index contributed by atoms with van der Waals surface area (Å²) in [4.78, 5) is 22.1. The van der Waals surface area contributed by atoms with Gasteiger partial charge in [-0.15, -0.1) is 0 Å². The van der Waals surface area contributed by atoms with Crippen molar-refractivity contribution in [2.75, 3.05) is 0 Å². The summed E-state index contributed by atoms with van der Waals surface area (Å²) in [6, 6.07) is 11.3. The Hall–Kier alpha value is -2.33. The zero-order chi connectivity index (χ0) is 14.0. The molecule has 0 aliphatic rings. The highest BCUT2D eigenvalue weighted by atomic mass is 35.5. The van der Waals surface area contributed by atoms with Crippen LogP contribution < -0.4 is 5.73 Å². The summed E-state index contributed by atoms with van der Waals surface area (Å²) in [5.41, 5.74) is 6.95. The molecule has 0 aromatic heterocycles. The van der Waals surface area contributed by atoms with E-state index in [2.05, 4.69) is 0 Å². The topological polar surface area (TPSA) is 80.4 Å². The van der Waals surface area contributed by atoms with Gasteiger partial charge in [-0.25, -0.2) is 4.79 Å². The highest BCUT2D eigenvalue weighted by molar-refractivity contribution is 6.33. The maximum absolute atomic E-state index is 11.1. The first-order valence-electron chi connectivity index (χ1n) is 5.42. The van der Waals surface area contributed by atoms with Crippen molar-refractivity contribution in [1.82, 2.24) is 0 Å². The van der Waals surface area contributed by atoms with Crippen LogP contribution in [0.15, 0.2) is 42.5 Å². The van der Waals surface area contributed by atoms with Crippen LogP contribution in [0, 0.1) is 0 Å². The minimum Gasteiger partial charge on any atom is -0.478 e. The second kappa shape index (κ2) is 5.12. The summed E-state index contributed by atoms with van der Waals surface area (Å²) in [5, 5.41) is 9.19. The number of aromatic carboxylic acids is 1. The lowest BCUT2D eigenvalue weighted by Gasteiger charge is -2.06. The molecule has 0 saturated heterocycles. The highest BCUT2D eigenvalue weighted by Gasteiger charge is 2.11. The molecule has 2 rings (SSSR count). The number of nitrogens with two attached hydrogens (primary N) is 1. The summed E-state index contributed by atoms with van der Waals surface area (Å²) >= 11 is 5.81. The smallest absolute Gasteiger partial charge is 0.337 e. The number of carbonyl (C=O) groups is 2. The minimum absolute atomic E-state index is 0.0173. The van der Waals surface area contributed by atoms with Gasteiger partial charge in [-0.05, 0) is 35.4 Å². The second-order valence-corrected chi connectivity index (χ2v) is 4.35. The molecule has 0 bridgehead atoms. The van der Waals surface area contributed by atoms with E-state index in [0.29, 0.717) is 16.7 Å². The number of carbonyl (C=O) groups excluding carboxylic acids is 1. The fourth-order valence-corrected chi connectivity index (χ4v) is 1.92. The molecule has 0 spiro atoms. The number of primary amides is 1. The van der Waals surface area contributed by atoms with Gasteiger partial charge in [0.05, 0.1) is 10.6 Å². The van der Waals surface area contributed by atoms with Crippen molar-refractivity contribution in [3.63, 3.8) is 0 Å². The van der Waals surface area contributed by atoms with Crippen molar-refractivity contribution in [3.8, 4) is 11.1 Å². The average Bonchev–Trinajstić information content (AvgIpc) is 2.39. The van der Waals surface area contributed by atoms with Crippen LogP contribution in [0.4, 0.5) is 0 Å². The first kappa shape index (κ1) is 13.1. The standard InChI is InChI=1S/C14H10ClNO3/c15-12-5-4-9(7-11(12)14(18)19)8-2-1-3-10(6-8)13(16)17/h1-7H,(H2,16,17)(H,18,19). The van der Waals surface area contributed by atoms with Crippen LogP contribution in [-0.4, -0.2) is 17.0 Å². The number of carboxylic acids is 1. The van der Waals surface area contributed by atoms with E-state index in [4.69, 9.17) is 22.4 Å². The Bertz CT molecular complexity index is 667. The molecule has 0 heterocycles. The molecular formula is C14H10ClNO3. The maximum atomic E-state index is 11.1. The van der Waals surface area contributed by atoms with Crippen LogP contribution in [0.25, 0.3) is 11.1 Å². The molecule has 5 heteroatoms. The average molecular weight is 276 g/mol. The van der Waals surface area contributed by atoms with Crippen LogP contribution in [0.1, 0.15) is 20.7 Å². The fourth-order valence-electron chi connectivity index (χ4n) is 1.72. The van der Waals surface area contributed by atoms with Gasteiger partial charge in [0.2, 0.25) is 5.91 Å². The molecule has 96 valence electrons. The van der Waals surface area contributed by atoms with Gasteiger partial charge in [0.1, 0.15) is 0 Å². The molecule has 2 aromatic carbocycles. The zero-order valence-corrected chi connectivity index (χ0v) is 10.5. The van der Waals surface area contributed by atoms with Gasteiger partial charge in [-0.1, -0.05) is 29.8 Å². The third-order valence-corrected chi connectivity index (χ3v) is 3.01. The van der Waals surface area contributed by atoms with Crippen molar-refractivity contribution < 1.29 is 14.7 Å². The van der Waals surface area contributed by atoms with Crippen molar-refractivity contribution in [2.45, 2.75) is 0 Å². The van der Waals surface area contributed by atoms with E-state index in [9.17, 15) is 9.59 Å². The number of benzene rings is 2. The third kappa shape index (κ3) is 2.74. The van der Waals surface area contributed by atoms with Crippen LogP contribution in [0.5, 0.6) is 0 Å². The lowest BCUT2D eigenvalue weighted by Crippen LogP contribution is -2.10. The van der Waals surface area contributed by atoms with E-state index in [1.807, 2.05) is 0 Å². The first-order chi connectivity index (χ1) is 8.99. The molecule has 0 radical (unpaired) electrons. The van der Waals surface area contributed by atoms with Crippen molar-refractivity contribution >= 4 is 23.5 Å². The Morgan fingerprint density at radius 2 is 1.74 bits per heavy atom. The first-order valence-corrected chi connectivity index (χ1v) is 5.80. The van der Waals surface area contributed by atoms with Crippen LogP contribution >= 0.6 is 11.6 Å². The lowest BCUT2D eigenvalue weighted by atomic mass is 10.0. The Kier molecular flexibility index (Phi) is 3.53. The lowest BCUT2D eigenvalue weighted by molar-refractivity contribution is 0.0697. The molecule has 3 N–H and O–H groups in total. The van der Waals surface area contributed by atoms with Gasteiger partial charge in [0.25, 0.3) is 0 Å². The highest BCUT2D eigenvalue weighted by Crippen LogP contribution is 2.25. The van der Waals surface area contributed by atoms with E-state index in [-0.39, 0.29) is 10.6 Å². The Morgan fingerprint density at radius 1 is 1.05 bits per heavy atom. The molecule has 0 atom stereocenters. The Morgan fingerprint density at radius 3 is 2.37 bits per heavy atom. The number of amides is 1. The monoisotopic (exact) mass is 275 g/mol. The fraction of sp³-hybridized carbons (Fsp3) is 0. The summed E-state index contributed by atoms with van der Waals surface area (Å²) in [5.74, 6) is -1.63. The predicted octanol–water partition coefficient (Wildman–Crippen LogP) is 2.80.